The monoisotopic (exact) mass is 442 g/mol. The first-order valence-electron chi connectivity index (χ1n) is 10.5. The molecule has 1 saturated heterocycles. The Labute approximate surface area is 178 Å². The van der Waals surface area contributed by atoms with E-state index >= 15 is 0 Å². The highest BCUT2D eigenvalue weighted by molar-refractivity contribution is 7.88. The summed E-state index contributed by atoms with van der Waals surface area (Å²) in [5.74, 6) is 0.168. The molecule has 30 heavy (non-hydrogen) atoms. The van der Waals surface area contributed by atoms with Crippen LogP contribution in [0.4, 0.5) is 8.78 Å². The fourth-order valence-corrected chi connectivity index (χ4v) is 4.85. The van der Waals surface area contributed by atoms with Gasteiger partial charge in [-0.3, -0.25) is 0 Å². The van der Waals surface area contributed by atoms with Gasteiger partial charge in [0.05, 0.1) is 12.9 Å². The predicted octanol–water partition coefficient (Wildman–Crippen LogP) is 3.71. The smallest absolute Gasteiger partial charge is 0.211 e. The van der Waals surface area contributed by atoms with Crippen molar-refractivity contribution in [1.29, 1.82) is 0 Å². The van der Waals surface area contributed by atoms with Crippen LogP contribution < -0.4 is 4.74 Å². The van der Waals surface area contributed by atoms with Gasteiger partial charge < -0.3 is 9.64 Å². The van der Waals surface area contributed by atoms with Crippen LogP contribution in [0.25, 0.3) is 5.57 Å². The van der Waals surface area contributed by atoms with Crippen LogP contribution in [-0.4, -0.2) is 68.9 Å². The predicted molar refractivity (Wildman–Crippen MR) is 115 cm³/mol. The summed E-state index contributed by atoms with van der Waals surface area (Å²) >= 11 is 0. The van der Waals surface area contributed by atoms with Crippen LogP contribution in [0.2, 0.25) is 0 Å². The van der Waals surface area contributed by atoms with Crippen molar-refractivity contribution in [2.24, 2.45) is 5.92 Å². The maximum absolute atomic E-state index is 14.6. The number of likely N-dealkylation sites (tertiary alicyclic amines) is 1. The molecule has 3 rings (SSSR count). The third kappa shape index (κ3) is 6.49. The van der Waals surface area contributed by atoms with Crippen molar-refractivity contribution >= 4 is 15.6 Å². The molecule has 8 heteroatoms. The Morgan fingerprint density at radius 2 is 1.90 bits per heavy atom. The number of alkyl halides is 1. The minimum atomic E-state index is -3.20. The van der Waals surface area contributed by atoms with Gasteiger partial charge in [0.15, 0.2) is 11.6 Å². The molecular weight excluding hydrogens is 410 g/mol. The summed E-state index contributed by atoms with van der Waals surface area (Å²) in [6, 6.07) is 4.94. The number of halogens is 2. The number of hydrogen-bond donors (Lipinski definition) is 0. The summed E-state index contributed by atoms with van der Waals surface area (Å²) in [4.78, 5) is 2.13. The molecule has 1 aromatic rings. The van der Waals surface area contributed by atoms with Gasteiger partial charge in [-0.15, -0.1) is 0 Å². The summed E-state index contributed by atoms with van der Waals surface area (Å²) < 4.78 is 58.7. The number of ether oxygens (including phenoxy) is 1. The van der Waals surface area contributed by atoms with Crippen LogP contribution in [0.15, 0.2) is 24.3 Å². The minimum Gasteiger partial charge on any atom is -0.490 e. The van der Waals surface area contributed by atoms with Gasteiger partial charge in [0.1, 0.15) is 5.67 Å². The fourth-order valence-electron chi connectivity index (χ4n) is 4.08. The zero-order chi connectivity index (χ0) is 21.9. The van der Waals surface area contributed by atoms with Gasteiger partial charge in [-0.05, 0) is 75.4 Å². The van der Waals surface area contributed by atoms with Crippen LogP contribution in [-0.2, 0) is 10.0 Å². The summed E-state index contributed by atoms with van der Waals surface area (Å²) in [6.07, 6.45) is 5.43. The van der Waals surface area contributed by atoms with E-state index in [-0.39, 0.29) is 5.75 Å². The van der Waals surface area contributed by atoms with Gasteiger partial charge in [-0.1, -0.05) is 12.1 Å². The molecule has 0 saturated carbocycles. The van der Waals surface area contributed by atoms with Crippen LogP contribution in [0.1, 0.15) is 38.7 Å². The lowest BCUT2D eigenvalue weighted by molar-refractivity contribution is 0.0830. The van der Waals surface area contributed by atoms with Gasteiger partial charge in [0.2, 0.25) is 10.0 Å². The van der Waals surface area contributed by atoms with Gasteiger partial charge in [-0.2, -0.15) is 4.31 Å². The number of benzene rings is 1. The van der Waals surface area contributed by atoms with Crippen molar-refractivity contribution in [2.45, 2.75) is 38.8 Å². The summed E-state index contributed by atoms with van der Waals surface area (Å²) in [5, 5.41) is 0. The van der Waals surface area contributed by atoms with E-state index in [1.54, 1.807) is 19.9 Å². The highest BCUT2D eigenvalue weighted by Crippen LogP contribution is 2.28. The van der Waals surface area contributed by atoms with Crippen LogP contribution >= 0.6 is 0 Å². The largest absolute Gasteiger partial charge is 0.490 e. The second-order valence-electron chi connectivity index (χ2n) is 8.99. The van der Waals surface area contributed by atoms with Crippen LogP contribution in [0.5, 0.6) is 5.75 Å². The molecule has 2 aliphatic heterocycles. The topological polar surface area (TPSA) is 49.9 Å². The lowest BCUT2D eigenvalue weighted by Gasteiger charge is -2.34. The second kappa shape index (κ2) is 9.32. The highest BCUT2D eigenvalue weighted by atomic mass is 32.2. The second-order valence-corrected chi connectivity index (χ2v) is 11.0. The maximum atomic E-state index is 14.6. The van der Waals surface area contributed by atoms with Crippen molar-refractivity contribution in [3.05, 3.63) is 35.7 Å². The van der Waals surface area contributed by atoms with E-state index in [9.17, 15) is 17.2 Å². The van der Waals surface area contributed by atoms with Gasteiger partial charge in [0, 0.05) is 19.6 Å². The molecule has 1 aromatic carbocycles. The zero-order valence-electron chi connectivity index (χ0n) is 18.0. The molecule has 1 fully saturated rings. The van der Waals surface area contributed by atoms with E-state index in [0.717, 1.165) is 37.1 Å². The minimum absolute atomic E-state index is 0.236. The molecule has 0 aliphatic carbocycles. The Balaban J connectivity index is 1.51. The zero-order valence-corrected chi connectivity index (χ0v) is 18.9. The van der Waals surface area contributed by atoms with Gasteiger partial charge in [-0.25, -0.2) is 17.2 Å². The van der Waals surface area contributed by atoms with Gasteiger partial charge in [0.25, 0.3) is 0 Å². The Kier molecular flexibility index (Phi) is 7.20. The highest BCUT2D eigenvalue weighted by Gasteiger charge is 2.26. The fraction of sp³-hybridized carbons (Fsp3) is 0.636. The van der Waals surface area contributed by atoms with Gasteiger partial charge >= 0.3 is 0 Å². The number of sulfonamides is 1. The maximum Gasteiger partial charge on any atom is 0.211 e. The van der Waals surface area contributed by atoms with E-state index < -0.39 is 21.5 Å². The molecular formula is C22H32F2N2O3S. The first-order valence-corrected chi connectivity index (χ1v) is 12.3. The van der Waals surface area contributed by atoms with Crippen molar-refractivity contribution in [3.63, 3.8) is 0 Å². The van der Waals surface area contributed by atoms with Crippen LogP contribution in [0, 0.1) is 11.7 Å². The summed E-state index contributed by atoms with van der Waals surface area (Å²) in [6.45, 7) is 6.47. The number of nitrogens with zero attached hydrogens (tertiary/aromatic N) is 2. The average molecular weight is 443 g/mol. The van der Waals surface area contributed by atoms with E-state index in [1.165, 1.54) is 16.6 Å². The Bertz CT molecular complexity index is 873. The third-order valence-corrected chi connectivity index (χ3v) is 6.99. The van der Waals surface area contributed by atoms with Crippen molar-refractivity contribution in [2.75, 3.05) is 45.6 Å². The first kappa shape index (κ1) is 23.2. The van der Waals surface area contributed by atoms with Crippen molar-refractivity contribution in [1.82, 2.24) is 9.21 Å². The molecule has 168 valence electrons. The lowest BCUT2D eigenvalue weighted by atomic mass is 9.96. The molecule has 0 aromatic heterocycles. The average Bonchev–Trinajstić information content (AvgIpc) is 2.66. The summed E-state index contributed by atoms with van der Waals surface area (Å²) in [5.41, 5.74) is 0.518. The SMILES string of the molecule is CC(C)(F)CN1CCC(COc2ccc(C3=CCN(S(C)(=O)=O)CC3)cc2F)CC1. The van der Waals surface area contributed by atoms with Crippen molar-refractivity contribution < 1.29 is 21.9 Å². The molecule has 2 heterocycles. The van der Waals surface area contributed by atoms with E-state index in [0.29, 0.717) is 38.6 Å². The third-order valence-electron chi connectivity index (χ3n) is 5.72. The Morgan fingerprint density at radius 3 is 2.43 bits per heavy atom. The summed E-state index contributed by atoms with van der Waals surface area (Å²) in [7, 11) is -3.20. The molecule has 0 spiro atoms. The molecule has 5 nitrogen and oxygen atoms in total. The molecule has 0 amide bonds. The normalized spacial score (nSPS) is 20.2. The van der Waals surface area contributed by atoms with Crippen molar-refractivity contribution in [3.8, 4) is 5.75 Å². The molecule has 0 N–H and O–H groups in total. The van der Waals surface area contributed by atoms with E-state index in [2.05, 4.69) is 4.90 Å². The number of hydrogen-bond acceptors (Lipinski definition) is 4. The standard InChI is InChI=1S/C22H32F2N2O3S/c1-22(2,24)16-25-10-6-17(7-11-25)15-29-21-5-4-19(14-20(21)23)18-8-12-26(13-9-18)30(3,27)28/h4-5,8,14,17H,6-7,9-13,15-16H2,1-3H3. The molecule has 0 radical (unpaired) electrons. The van der Waals surface area contributed by atoms with E-state index in [4.69, 9.17) is 4.74 Å². The number of piperidine rings is 1. The number of rotatable bonds is 7. The Morgan fingerprint density at radius 1 is 1.20 bits per heavy atom. The molecule has 0 atom stereocenters. The van der Waals surface area contributed by atoms with E-state index in [1.807, 2.05) is 12.1 Å². The lowest BCUT2D eigenvalue weighted by Crippen LogP contribution is -2.41. The first-order chi connectivity index (χ1) is 14.0. The molecule has 2 aliphatic rings. The molecule has 0 bridgehead atoms. The Hall–Kier alpha value is -1.51. The quantitative estimate of drug-likeness (QED) is 0.646. The van der Waals surface area contributed by atoms with Crippen LogP contribution in [0.3, 0.4) is 0 Å². The molecule has 0 unspecified atom stereocenters.